The number of fused-ring (bicyclic) bond motifs is 1. The monoisotopic (exact) mass is 513 g/mol. The molecule has 1 heterocycles. The number of para-hydroxylation sites is 2. The number of carbonyl (C=O) groups is 1. The minimum absolute atomic E-state index is 0.175. The van der Waals surface area contributed by atoms with Gasteiger partial charge in [0.25, 0.3) is 5.56 Å². The van der Waals surface area contributed by atoms with E-state index in [9.17, 15) is 9.59 Å². The number of benzene rings is 4. The van der Waals surface area contributed by atoms with Crippen molar-refractivity contribution >= 4 is 46.3 Å². The van der Waals surface area contributed by atoms with Gasteiger partial charge in [-0.15, -0.1) is 0 Å². The summed E-state index contributed by atoms with van der Waals surface area (Å²) in [6.07, 6.45) is 1.45. The maximum absolute atomic E-state index is 13.4. The summed E-state index contributed by atoms with van der Waals surface area (Å²) in [6, 6.07) is 27.8. The van der Waals surface area contributed by atoms with Crippen LogP contribution in [0.2, 0.25) is 10.0 Å². The van der Waals surface area contributed by atoms with Crippen LogP contribution in [0.4, 0.5) is 0 Å². The fraction of sp³-hybridized carbons (Fsp3) is 0. The zero-order valence-electron chi connectivity index (χ0n) is 18.6. The largest absolute Gasteiger partial charge is 0.422 e. The number of hydrogen-bond donors (Lipinski definition) is 0. The molecule has 0 N–H and O–H groups in total. The number of hydrogen-bond acceptors (Lipinski definition) is 5. The average molecular weight is 514 g/mol. The second kappa shape index (κ2) is 10.2. The molecule has 0 aliphatic rings. The molecule has 0 aliphatic heterocycles. The Morgan fingerprint density at radius 3 is 2.42 bits per heavy atom. The van der Waals surface area contributed by atoms with Crippen LogP contribution in [0.3, 0.4) is 0 Å². The molecule has 6 nitrogen and oxygen atoms in total. The summed E-state index contributed by atoms with van der Waals surface area (Å²) < 4.78 is 6.84. The molecule has 0 saturated carbocycles. The van der Waals surface area contributed by atoms with Gasteiger partial charge in [-0.05, 0) is 42.5 Å². The molecule has 0 fully saturated rings. The molecule has 0 aliphatic carbocycles. The van der Waals surface area contributed by atoms with Gasteiger partial charge >= 0.3 is 5.97 Å². The van der Waals surface area contributed by atoms with E-state index in [4.69, 9.17) is 27.9 Å². The SMILES string of the molecule is O=C(Oc1ccccc1C=Nn1c(-c2ccccc2)nc2ccccc2c1=O)c1ccc(Cl)cc1Cl. The standard InChI is InChI=1S/C28H17Cl2N3O3/c29-20-14-15-21(23(30)16-20)28(35)36-25-13-7-4-10-19(25)17-31-33-26(18-8-2-1-3-9-18)32-24-12-6-5-11-22(24)27(33)34/h1-17H. The number of rotatable bonds is 5. The lowest BCUT2D eigenvalue weighted by Gasteiger charge is -2.10. The third-order valence-electron chi connectivity index (χ3n) is 5.37. The fourth-order valence-corrected chi connectivity index (χ4v) is 4.10. The van der Waals surface area contributed by atoms with Gasteiger partial charge in [0.05, 0.1) is 27.7 Å². The quantitative estimate of drug-likeness (QED) is 0.153. The first-order valence-electron chi connectivity index (χ1n) is 10.9. The van der Waals surface area contributed by atoms with E-state index in [1.54, 1.807) is 48.5 Å². The van der Waals surface area contributed by atoms with Crippen molar-refractivity contribution in [2.75, 3.05) is 0 Å². The van der Waals surface area contributed by atoms with E-state index < -0.39 is 5.97 Å². The minimum Gasteiger partial charge on any atom is -0.422 e. The summed E-state index contributed by atoms with van der Waals surface area (Å²) in [6.45, 7) is 0. The second-order valence-corrected chi connectivity index (χ2v) is 8.58. The van der Waals surface area contributed by atoms with Crippen LogP contribution in [0, 0.1) is 0 Å². The van der Waals surface area contributed by atoms with Crippen molar-refractivity contribution in [1.29, 1.82) is 0 Å². The van der Waals surface area contributed by atoms with Crippen molar-refractivity contribution in [3.8, 4) is 17.1 Å². The average Bonchev–Trinajstić information content (AvgIpc) is 2.89. The summed E-state index contributed by atoms with van der Waals surface area (Å²) in [5.41, 5.74) is 1.64. The van der Waals surface area contributed by atoms with Crippen molar-refractivity contribution < 1.29 is 9.53 Å². The Balaban J connectivity index is 1.56. The molecule has 36 heavy (non-hydrogen) atoms. The molecule has 176 valence electrons. The molecule has 5 rings (SSSR count). The highest BCUT2D eigenvalue weighted by atomic mass is 35.5. The van der Waals surface area contributed by atoms with Crippen LogP contribution in [0.25, 0.3) is 22.3 Å². The molecule has 8 heteroatoms. The van der Waals surface area contributed by atoms with Gasteiger partial charge in [-0.1, -0.05) is 77.8 Å². The highest BCUT2D eigenvalue weighted by molar-refractivity contribution is 6.36. The van der Waals surface area contributed by atoms with Crippen LogP contribution in [0.1, 0.15) is 15.9 Å². The highest BCUT2D eigenvalue weighted by Gasteiger charge is 2.16. The molecule has 0 atom stereocenters. The van der Waals surface area contributed by atoms with Crippen molar-refractivity contribution in [1.82, 2.24) is 9.66 Å². The summed E-state index contributed by atoms with van der Waals surface area (Å²) in [7, 11) is 0. The highest BCUT2D eigenvalue weighted by Crippen LogP contribution is 2.24. The predicted molar refractivity (Wildman–Crippen MR) is 142 cm³/mol. The van der Waals surface area contributed by atoms with E-state index >= 15 is 0 Å². The van der Waals surface area contributed by atoms with Gasteiger partial charge in [-0.25, -0.2) is 9.78 Å². The van der Waals surface area contributed by atoms with E-state index in [2.05, 4.69) is 10.1 Å². The zero-order chi connectivity index (χ0) is 25.1. The van der Waals surface area contributed by atoms with Crippen molar-refractivity contribution in [2.24, 2.45) is 5.10 Å². The second-order valence-electron chi connectivity index (χ2n) is 7.73. The lowest BCUT2D eigenvalue weighted by Crippen LogP contribution is -2.20. The third-order valence-corrected chi connectivity index (χ3v) is 5.92. The Morgan fingerprint density at radius 2 is 1.61 bits per heavy atom. The van der Waals surface area contributed by atoms with Gasteiger partial charge in [0.15, 0.2) is 5.82 Å². The number of halogens is 2. The normalized spacial score (nSPS) is 11.2. The molecule has 0 bridgehead atoms. The summed E-state index contributed by atoms with van der Waals surface area (Å²) >= 11 is 12.1. The maximum atomic E-state index is 13.4. The predicted octanol–water partition coefficient (Wildman–Crippen LogP) is 6.47. The molecule has 0 unspecified atom stereocenters. The third kappa shape index (κ3) is 4.77. The lowest BCUT2D eigenvalue weighted by atomic mass is 10.2. The van der Waals surface area contributed by atoms with E-state index in [0.717, 1.165) is 5.56 Å². The molecular formula is C28H17Cl2N3O3. The first kappa shape index (κ1) is 23.5. The van der Waals surface area contributed by atoms with Crippen LogP contribution in [0.5, 0.6) is 5.75 Å². The Bertz CT molecular complexity index is 1680. The van der Waals surface area contributed by atoms with Gasteiger partial charge in [-0.2, -0.15) is 9.78 Å². The van der Waals surface area contributed by atoms with Gasteiger partial charge in [0, 0.05) is 16.1 Å². The number of carbonyl (C=O) groups excluding carboxylic acids is 1. The lowest BCUT2D eigenvalue weighted by molar-refractivity contribution is 0.0734. The van der Waals surface area contributed by atoms with Crippen LogP contribution < -0.4 is 10.3 Å². The Labute approximate surface area is 216 Å². The molecule has 1 aromatic heterocycles. The summed E-state index contributed by atoms with van der Waals surface area (Å²) in [5, 5.41) is 5.48. The molecule has 0 saturated heterocycles. The number of esters is 1. The summed E-state index contributed by atoms with van der Waals surface area (Å²) in [4.78, 5) is 30.8. The van der Waals surface area contributed by atoms with Crippen molar-refractivity contribution in [3.63, 3.8) is 0 Å². The Hall–Kier alpha value is -4.26. The smallest absolute Gasteiger partial charge is 0.345 e. The van der Waals surface area contributed by atoms with Crippen LogP contribution in [-0.4, -0.2) is 21.8 Å². The van der Waals surface area contributed by atoms with Gasteiger partial charge < -0.3 is 4.74 Å². The van der Waals surface area contributed by atoms with Crippen molar-refractivity contribution in [2.45, 2.75) is 0 Å². The fourth-order valence-electron chi connectivity index (χ4n) is 3.61. The molecule has 5 aromatic rings. The maximum Gasteiger partial charge on any atom is 0.345 e. The molecule has 0 radical (unpaired) electrons. The first-order valence-corrected chi connectivity index (χ1v) is 11.6. The molecule has 4 aromatic carbocycles. The van der Waals surface area contributed by atoms with E-state index in [1.807, 2.05) is 36.4 Å². The Kier molecular flexibility index (Phi) is 6.62. The topological polar surface area (TPSA) is 73.5 Å². The van der Waals surface area contributed by atoms with E-state index in [-0.39, 0.29) is 21.9 Å². The van der Waals surface area contributed by atoms with E-state index in [0.29, 0.717) is 27.3 Å². The van der Waals surface area contributed by atoms with Crippen LogP contribution >= 0.6 is 23.2 Å². The van der Waals surface area contributed by atoms with Gasteiger partial charge in [-0.3, -0.25) is 4.79 Å². The van der Waals surface area contributed by atoms with Crippen LogP contribution in [0.15, 0.2) is 107 Å². The first-order chi connectivity index (χ1) is 17.5. The van der Waals surface area contributed by atoms with Crippen LogP contribution in [-0.2, 0) is 0 Å². The molecular weight excluding hydrogens is 497 g/mol. The van der Waals surface area contributed by atoms with E-state index in [1.165, 1.54) is 23.0 Å². The molecule has 0 spiro atoms. The van der Waals surface area contributed by atoms with Gasteiger partial charge in [0.1, 0.15) is 5.75 Å². The number of nitrogens with zero attached hydrogens (tertiary/aromatic N) is 3. The van der Waals surface area contributed by atoms with Crippen molar-refractivity contribution in [3.05, 3.63) is 129 Å². The number of aromatic nitrogens is 2. The summed E-state index contributed by atoms with van der Waals surface area (Å²) in [5.74, 6) is -0.00896. The number of ether oxygens (including phenoxy) is 1. The zero-order valence-corrected chi connectivity index (χ0v) is 20.1. The Morgan fingerprint density at radius 1 is 0.889 bits per heavy atom. The van der Waals surface area contributed by atoms with Gasteiger partial charge in [0.2, 0.25) is 0 Å². The molecule has 0 amide bonds. The minimum atomic E-state index is -0.646.